The lowest BCUT2D eigenvalue weighted by atomic mass is 10.1. The van der Waals surface area contributed by atoms with Gasteiger partial charge in [0.2, 0.25) is 11.9 Å². The second kappa shape index (κ2) is 7.02. The van der Waals surface area contributed by atoms with Crippen molar-refractivity contribution in [3.63, 3.8) is 0 Å². The van der Waals surface area contributed by atoms with E-state index in [9.17, 15) is 4.79 Å². The summed E-state index contributed by atoms with van der Waals surface area (Å²) in [6, 6.07) is 8.25. The first-order valence-corrected chi connectivity index (χ1v) is 8.58. The summed E-state index contributed by atoms with van der Waals surface area (Å²) in [7, 11) is 0. The highest BCUT2D eigenvalue weighted by Gasteiger charge is 2.21. The zero-order valence-electron chi connectivity index (χ0n) is 14.8. The summed E-state index contributed by atoms with van der Waals surface area (Å²) in [4.78, 5) is 30.3. The molecule has 0 aliphatic carbocycles. The molecule has 9 heteroatoms. The fourth-order valence-electron chi connectivity index (χ4n) is 3.03. The molecular weight excluding hydrogens is 346 g/mol. The fourth-order valence-corrected chi connectivity index (χ4v) is 3.03. The molecule has 2 aromatic heterocycles. The van der Waals surface area contributed by atoms with Gasteiger partial charge in [0.25, 0.3) is 0 Å². The number of pyridine rings is 1. The molecule has 27 heavy (non-hydrogen) atoms. The quantitative estimate of drug-likeness (QED) is 0.698. The largest absolute Gasteiger partial charge is 0.458 e. The molecule has 0 bridgehead atoms. The predicted octanol–water partition coefficient (Wildman–Crippen LogP) is 0.826. The van der Waals surface area contributed by atoms with E-state index in [-0.39, 0.29) is 31.0 Å². The van der Waals surface area contributed by atoms with Crippen LogP contribution in [0.5, 0.6) is 6.01 Å². The third-order valence-corrected chi connectivity index (χ3v) is 4.29. The number of nitrogens with zero attached hydrogens (tertiary/aromatic N) is 5. The van der Waals surface area contributed by atoms with Crippen LogP contribution in [-0.2, 0) is 11.4 Å². The van der Waals surface area contributed by atoms with E-state index in [1.807, 2.05) is 30.0 Å². The Balaban J connectivity index is 1.70. The minimum atomic E-state index is -0.0239. The van der Waals surface area contributed by atoms with Crippen LogP contribution in [0.25, 0.3) is 10.9 Å². The average Bonchev–Trinajstić information content (AvgIpc) is 2.65. The molecule has 0 spiro atoms. The summed E-state index contributed by atoms with van der Waals surface area (Å²) in [6.45, 7) is 3.76. The van der Waals surface area contributed by atoms with E-state index in [4.69, 9.17) is 15.5 Å². The Hall–Kier alpha value is -3.49. The Labute approximate surface area is 155 Å². The van der Waals surface area contributed by atoms with Gasteiger partial charge in [-0.1, -0.05) is 11.6 Å². The van der Waals surface area contributed by atoms with Crippen molar-refractivity contribution in [2.24, 2.45) is 0 Å². The Morgan fingerprint density at radius 2 is 2.15 bits per heavy atom. The molecule has 0 unspecified atom stereocenters. The molecule has 4 rings (SSSR count). The van der Waals surface area contributed by atoms with E-state index in [1.165, 1.54) is 6.33 Å². The molecule has 138 valence electrons. The van der Waals surface area contributed by atoms with Crippen LogP contribution < -0.4 is 20.7 Å². The van der Waals surface area contributed by atoms with Crippen molar-refractivity contribution < 1.29 is 9.53 Å². The molecule has 1 fully saturated rings. The van der Waals surface area contributed by atoms with Crippen molar-refractivity contribution >= 4 is 28.6 Å². The summed E-state index contributed by atoms with van der Waals surface area (Å²) in [6.07, 6.45) is 1.30. The second-order valence-corrected chi connectivity index (χ2v) is 6.35. The van der Waals surface area contributed by atoms with Gasteiger partial charge in [0.15, 0.2) is 0 Å². The number of benzene rings is 1. The number of hydrogen-bond donors (Lipinski definition) is 2. The fraction of sp³-hybridized carbons (Fsp3) is 0.278. The van der Waals surface area contributed by atoms with Gasteiger partial charge < -0.3 is 20.7 Å². The number of amides is 1. The van der Waals surface area contributed by atoms with Gasteiger partial charge in [-0.05, 0) is 25.1 Å². The Kier molecular flexibility index (Phi) is 4.41. The Morgan fingerprint density at radius 1 is 1.26 bits per heavy atom. The lowest BCUT2D eigenvalue weighted by molar-refractivity contribution is -0.120. The lowest BCUT2D eigenvalue weighted by Crippen LogP contribution is -2.48. The van der Waals surface area contributed by atoms with Crippen molar-refractivity contribution in [1.82, 2.24) is 25.3 Å². The molecule has 1 amide bonds. The number of nitrogens with two attached hydrogens (primary N) is 1. The summed E-state index contributed by atoms with van der Waals surface area (Å²) in [5.41, 5.74) is 8.44. The van der Waals surface area contributed by atoms with Gasteiger partial charge in [-0.25, -0.2) is 9.97 Å². The van der Waals surface area contributed by atoms with Crippen LogP contribution in [0.1, 0.15) is 11.1 Å². The van der Waals surface area contributed by atoms with E-state index < -0.39 is 0 Å². The number of nitrogen functional groups attached to an aromatic ring is 1. The van der Waals surface area contributed by atoms with Crippen LogP contribution >= 0.6 is 0 Å². The molecule has 1 aliphatic rings. The lowest BCUT2D eigenvalue weighted by Gasteiger charge is -2.29. The van der Waals surface area contributed by atoms with Crippen LogP contribution in [0.3, 0.4) is 0 Å². The van der Waals surface area contributed by atoms with Crippen LogP contribution in [0.2, 0.25) is 0 Å². The van der Waals surface area contributed by atoms with Gasteiger partial charge in [-0.3, -0.25) is 4.79 Å². The molecule has 3 heterocycles. The van der Waals surface area contributed by atoms with Gasteiger partial charge in [-0.2, -0.15) is 9.97 Å². The maximum Gasteiger partial charge on any atom is 0.321 e. The number of aromatic nitrogens is 4. The average molecular weight is 365 g/mol. The number of ether oxygens (including phenoxy) is 1. The molecule has 0 atom stereocenters. The Bertz CT molecular complexity index is 1010. The summed E-state index contributed by atoms with van der Waals surface area (Å²) < 4.78 is 5.70. The topological polar surface area (TPSA) is 119 Å². The van der Waals surface area contributed by atoms with Crippen molar-refractivity contribution in [1.29, 1.82) is 0 Å². The number of piperazine rings is 1. The molecule has 3 N–H and O–H groups in total. The van der Waals surface area contributed by atoms with Gasteiger partial charge >= 0.3 is 6.01 Å². The number of hydrogen-bond acceptors (Lipinski definition) is 8. The van der Waals surface area contributed by atoms with E-state index in [1.54, 1.807) is 0 Å². The summed E-state index contributed by atoms with van der Waals surface area (Å²) in [5.74, 6) is 0.799. The van der Waals surface area contributed by atoms with E-state index in [0.29, 0.717) is 13.1 Å². The highest BCUT2D eigenvalue weighted by atomic mass is 16.5. The number of nitrogens with one attached hydrogen (secondary N) is 1. The third-order valence-electron chi connectivity index (χ3n) is 4.29. The van der Waals surface area contributed by atoms with Crippen LogP contribution in [-0.4, -0.2) is 45.5 Å². The first kappa shape index (κ1) is 17.0. The molecule has 1 aromatic carbocycles. The zero-order chi connectivity index (χ0) is 18.8. The number of rotatable bonds is 4. The van der Waals surface area contributed by atoms with Gasteiger partial charge in [-0.15, -0.1) is 0 Å². The number of carbonyl (C=O) groups is 1. The number of anilines is 2. The molecule has 0 radical (unpaired) electrons. The first-order chi connectivity index (χ1) is 13.1. The molecule has 0 saturated carbocycles. The van der Waals surface area contributed by atoms with Crippen molar-refractivity contribution in [2.45, 2.75) is 13.5 Å². The van der Waals surface area contributed by atoms with Gasteiger partial charge in [0.05, 0.1) is 12.1 Å². The summed E-state index contributed by atoms with van der Waals surface area (Å²) >= 11 is 0. The van der Waals surface area contributed by atoms with E-state index >= 15 is 0 Å². The normalized spacial score (nSPS) is 14.3. The number of fused-ring (bicyclic) bond motifs is 1. The number of carbonyl (C=O) groups excluding carboxylic acids is 1. The first-order valence-electron chi connectivity index (χ1n) is 8.58. The summed E-state index contributed by atoms with van der Waals surface area (Å²) in [5, 5.41) is 3.84. The minimum Gasteiger partial charge on any atom is -0.458 e. The van der Waals surface area contributed by atoms with Crippen LogP contribution in [0.15, 0.2) is 30.6 Å². The maximum absolute atomic E-state index is 11.8. The molecule has 9 nitrogen and oxygen atoms in total. The van der Waals surface area contributed by atoms with Gasteiger partial charge in [0.1, 0.15) is 18.8 Å². The van der Waals surface area contributed by atoms with Crippen molar-refractivity contribution in [3.8, 4) is 6.01 Å². The van der Waals surface area contributed by atoms with E-state index in [2.05, 4.69) is 26.3 Å². The number of aryl methyl sites for hydroxylation is 1. The second-order valence-electron chi connectivity index (χ2n) is 6.35. The van der Waals surface area contributed by atoms with E-state index in [0.717, 1.165) is 27.8 Å². The smallest absolute Gasteiger partial charge is 0.321 e. The molecule has 1 saturated heterocycles. The standard InChI is InChI=1S/C18H19N7O2/c1-11-2-3-14-12(6-11)7-13(9-27-18-22-10-21-17(19)24-18)16(23-14)25-5-4-20-15(26)8-25/h2-3,6-7,10H,4-5,8-9H2,1H3,(H,20,26)(H2,19,21,22,24). The minimum absolute atomic E-state index is 0.0239. The molecular formula is C18H19N7O2. The maximum atomic E-state index is 11.8. The van der Waals surface area contributed by atoms with Crippen LogP contribution in [0, 0.1) is 6.92 Å². The molecule has 1 aliphatic heterocycles. The predicted molar refractivity (Wildman–Crippen MR) is 100 cm³/mol. The Morgan fingerprint density at radius 3 is 2.96 bits per heavy atom. The monoisotopic (exact) mass is 365 g/mol. The third kappa shape index (κ3) is 3.71. The zero-order valence-corrected chi connectivity index (χ0v) is 14.8. The highest BCUT2D eigenvalue weighted by Crippen LogP contribution is 2.26. The highest BCUT2D eigenvalue weighted by molar-refractivity contribution is 5.85. The van der Waals surface area contributed by atoms with Crippen molar-refractivity contribution in [2.75, 3.05) is 30.3 Å². The molecule has 3 aromatic rings. The van der Waals surface area contributed by atoms with Gasteiger partial charge in [0, 0.05) is 24.0 Å². The van der Waals surface area contributed by atoms with Crippen molar-refractivity contribution in [3.05, 3.63) is 41.7 Å². The SMILES string of the molecule is Cc1ccc2nc(N3CCNC(=O)C3)c(COc3ncnc(N)n3)cc2c1. The van der Waals surface area contributed by atoms with Crippen LogP contribution in [0.4, 0.5) is 11.8 Å².